The van der Waals surface area contributed by atoms with Gasteiger partial charge < -0.3 is 30.1 Å². The van der Waals surface area contributed by atoms with Crippen LogP contribution < -0.4 is 10.1 Å². The molecule has 2 aromatic rings. The molecule has 1 fully saturated rings. The van der Waals surface area contributed by atoms with Gasteiger partial charge in [-0.15, -0.1) is 0 Å². The summed E-state index contributed by atoms with van der Waals surface area (Å²) in [5.41, 5.74) is 1.28. The zero-order valence-electron chi connectivity index (χ0n) is 13.4. The van der Waals surface area contributed by atoms with Gasteiger partial charge in [0.05, 0.1) is 23.8 Å². The summed E-state index contributed by atoms with van der Waals surface area (Å²) in [7, 11) is 0. The SMILES string of the molecule is CC(=O)N[C@H]1[C@H](Oc2cnc3ccccc3n2)O[C@H](CO)[C@@H](O)[C@@H]1O. The van der Waals surface area contributed by atoms with Crippen LogP contribution in [-0.4, -0.2) is 68.4 Å². The lowest BCUT2D eigenvalue weighted by atomic mass is 9.97. The Morgan fingerprint density at radius 1 is 1.28 bits per heavy atom. The van der Waals surface area contributed by atoms with Crippen LogP contribution in [0.4, 0.5) is 0 Å². The maximum absolute atomic E-state index is 11.4. The van der Waals surface area contributed by atoms with E-state index in [-0.39, 0.29) is 5.88 Å². The molecular weight excluding hydrogens is 330 g/mol. The molecule has 1 aliphatic heterocycles. The Balaban J connectivity index is 1.86. The Morgan fingerprint density at radius 2 is 2.00 bits per heavy atom. The maximum Gasteiger partial charge on any atom is 0.235 e. The molecule has 0 radical (unpaired) electrons. The first kappa shape index (κ1) is 17.5. The van der Waals surface area contributed by atoms with Crippen LogP contribution >= 0.6 is 0 Å². The Hall–Kier alpha value is -2.33. The second-order valence-electron chi connectivity index (χ2n) is 5.75. The standard InChI is InChI=1S/C16H19N3O6/c1-8(21)18-13-15(23)14(22)11(7-20)24-16(13)25-12-6-17-9-4-2-3-5-10(9)19-12/h2-6,11,13-16,20,22-23H,7H2,1H3,(H,18,21)/t11-,13-,14-,15-,16+/m1/s1. The molecule has 0 unspecified atom stereocenters. The van der Waals surface area contributed by atoms with E-state index in [1.54, 1.807) is 18.2 Å². The Bertz CT molecular complexity index is 757. The molecule has 1 aromatic carbocycles. The molecule has 4 N–H and O–H groups in total. The highest BCUT2D eigenvalue weighted by molar-refractivity contribution is 5.74. The summed E-state index contributed by atoms with van der Waals surface area (Å²) >= 11 is 0. The number of ether oxygens (including phenoxy) is 2. The van der Waals surface area contributed by atoms with Crippen molar-refractivity contribution in [1.29, 1.82) is 0 Å². The average Bonchev–Trinajstić information content (AvgIpc) is 2.61. The first-order valence-electron chi connectivity index (χ1n) is 7.77. The first-order chi connectivity index (χ1) is 12.0. The number of carbonyl (C=O) groups excluding carboxylic acids is 1. The minimum atomic E-state index is -1.38. The molecular formula is C16H19N3O6. The minimum Gasteiger partial charge on any atom is -0.444 e. The van der Waals surface area contributed by atoms with E-state index in [0.717, 1.165) is 0 Å². The molecule has 9 heteroatoms. The highest BCUT2D eigenvalue weighted by atomic mass is 16.7. The third-order valence-corrected chi connectivity index (χ3v) is 3.91. The first-order valence-corrected chi connectivity index (χ1v) is 7.77. The van der Waals surface area contributed by atoms with E-state index in [1.807, 2.05) is 6.07 Å². The Morgan fingerprint density at radius 3 is 2.68 bits per heavy atom. The summed E-state index contributed by atoms with van der Waals surface area (Å²) in [5.74, 6) is -0.306. The number of nitrogens with zero attached hydrogens (tertiary/aromatic N) is 2. The molecule has 134 valence electrons. The molecule has 5 atom stereocenters. The quantitative estimate of drug-likeness (QED) is 0.549. The van der Waals surface area contributed by atoms with Crippen molar-refractivity contribution >= 4 is 16.9 Å². The van der Waals surface area contributed by atoms with Crippen molar-refractivity contribution in [1.82, 2.24) is 15.3 Å². The van der Waals surface area contributed by atoms with Gasteiger partial charge in [-0.1, -0.05) is 12.1 Å². The molecule has 0 saturated carbocycles. The van der Waals surface area contributed by atoms with E-state index in [1.165, 1.54) is 13.1 Å². The number of para-hydroxylation sites is 2. The van der Waals surface area contributed by atoms with Gasteiger partial charge in [0.25, 0.3) is 0 Å². The summed E-state index contributed by atoms with van der Waals surface area (Å²) in [6.07, 6.45) is -3.58. The summed E-state index contributed by atoms with van der Waals surface area (Å²) in [5, 5.41) is 32.0. The molecule has 1 amide bonds. The highest BCUT2D eigenvalue weighted by Gasteiger charge is 2.46. The summed E-state index contributed by atoms with van der Waals surface area (Å²) in [6, 6.07) is 6.16. The largest absolute Gasteiger partial charge is 0.444 e. The molecule has 1 aliphatic rings. The number of benzene rings is 1. The fraction of sp³-hybridized carbons (Fsp3) is 0.438. The summed E-state index contributed by atoms with van der Waals surface area (Å²) < 4.78 is 11.1. The lowest BCUT2D eigenvalue weighted by Gasteiger charge is -2.41. The van der Waals surface area contributed by atoms with Crippen molar-refractivity contribution in [3.8, 4) is 5.88 Å². The Kier molecular flexibility index (Phi) is 5.09. The molecule has 25 heavy (non-hydrogen) atoms. The normalized spacial score (nSPS) is 29.4. The van der Waals surface area contributed by atoms with Gasteiger partial charge >= 0.3 is 0 Å². The van der Waals surface area contributed by atoms with E-state index in [2.05, 4.69) is 15.3 Å². The fourth-order valence-corrected chi connectivity index (χ4v) is 2.69. The van der Waals surface area contributed by atoms with Crippen molar-refractivity contribution in [2.45, 2.75) is 37.6 Å². The van der Waals surface area contributed by atoms with E-state index < -0.39 is 43.2 Å². The van der Waals surface area contributed by atoms with Gasteiger partial charge in [0.15, 0.2) is 0 Å². The molecule has 9 nitrogen and oxygen atoms in total. The van der Waals surface area contributed by atoms with Crippen LogP contribution in [0.3, 0.4) is 0 Å². The van der Waals surface area contributed by atoms with Gasteiger partial charge in [0.1, 0.15) is 24.4 Å². The van der Waals surface area contributed by atoms with Gasteiger partial charge in [-0.25, -0.2) is 9.97 Å². The predicted molar refractivity (Wildman–Crippen MR) is 85.5 cm³/mol. The topological polar surface area (TPSA) is 134 Å². The lowest BCUT2D eigenvalue weighted by Crippen LogP contribution is -2.65. The molecule has 1 saturated heterocycles. The number of aliphatic hydroxyl groups is 3. The van der Waals surface area contributed by atoms with Gasteiger partial charge in [-0.3, -0.25) is 4.79 Å². The van der Waals surface area contributed by atoms with Crippen LogP contribution in [0.25, 0.3) is 11.0 Å². The maximum atomic E-state index is 11.4. The van der Waals surface area contributed by atoms with E-state index in [0.29, 0.717) is 11.0 Å². The van der Waals surface area contributed by atoms with Crippen molar-refractivity contribution in [2.24, 2.45) is 0 Å². The van der Waals surface area contributed by atoms with E-state index in [9.17, 15) is 20.1 Å². The van der Waals surface area contributed by atoms with Crippen molar-refractivity contribution in [3.05, 3.63) is 30.5 Å². The molecule has 2 heterocycles. The van der Waals surface area contributed by atoms with Gasteiger partial charge in [-0.05, 0) is 12.1 Å². The zero-order valence-corrected chi connectivity index (χ0v) is 13.4. The number of hydrogen-bond donors (Lipinski definition) is 4. The van der Waals surface area contributed by atoms with Crippen molar-refractivity contribution < 1.29 is 29.6 Å². The molecule has 3 rings (SSSR count). The number of nitrogens with one attached hydrogen (secondary N) is 1. The second kappa shape index (κ2) is 7.28. The van der Waals surface area contributed by atoms with Gasteiger partial charge in [-0.2, -0.15) is 0 Å². The number of carbonyl (C=O) groups is 1. The molecule has 0 bridgehead atoms. The van der Waals surface area contributed by atoms with Gasteiger partial charge in [0, 0.05) is 6.92 Å². The van der Waals surface area contributed by atoms with Crippen LogP contribution in [0.1, 0.15) is 6.92 Å². The fourth-order valence-electron chi connectivity index (χ4n) is 2.69. The van der Waals surface area contributed by atoms with E-state index in [4.69, 9.17) is 9.47 Å². The third-order valence-electron chi connectivity index (χ3n) is 3.91. The number of aliphatic hydroxyl groups excluding tert-OH is 3. The van der Waals surface area contributed by atoms with Crippen molar-refractivity contribution in [2.75, 3.05) is 6.61 Å². The average molecular weight is 349 g/mol. The number of fused-ring (bicyclic) bond motifs is 1. The number of hydrogen-bond acceptors (Lipinski definition) is 8. The van der Waals surface area contributed by atoms with Crippen molar-refractivity contribution in [3.63, 3.8) is 0 Å². The molecule has 0 aliphatic carbocycles. The minimum absolute atomic E-state index is 0.124. The van der Waals surface area contributed by atoms with Crippen LogP contribution in [0.5, 0.6) is 5.88 Å². The molecule has 0 spiro atoms. The number of rotatable bonds is 4. The van der Waals surface area contributed by atoms with Crippen LogP contribution in [0.15, 0.2) is 30.5 Å². The smallest absolute Gasteiger partial charge is 0.235 e. The third kappa shape index (κ3) is 3.69. The number of aromatic nitrogens is 2. The lowest BCUT2D eigenvalue weighted by molar-refractivity contribution is -0.245. The van der Waals surface area contributed by atoms with E-state index >= 15 is 0 Å². The molecule has 1 aromatic heterocycles. The number of amides is 1. The van der Waals surface area contributed by atoms with Gasteiger partial charge in [0.2, 0.25) is 18.1 Å². The zero-order chi connectivity index (χ0) is 18.0. The van der Waals surface area contributed by atoms with Crippen LogP contribution in [-0.2, 0) is 9.53 Å². The monoisotopic (exact) mass is 349 g/mol. The Labute approximate surface area is 143 Å². The summed E-state index contributed by atoms with van der Waals surface area (Å²) in [4.78, 5) is 19.9. The summed E-state index contributed by atoms with van der Waals surface area (Å²) in [6.45, 7) is 0.748. The highest BCUT2D eigenvalue weighted by Crippen LogP contribution is 2.24. The van der Waals surface area contributed by atoms with Crippen LogP contribution in [0, 0.1) is 0 Å². The van der Waals surface area contributed by atoms with Crippen LogP contribution in [0.2, 0.25) is 0 Å². The second-order valence-corrected chi connectivity index (χ2v) is 5.75. The predicted octanol–water partition coefficient (Wildman–Crippen LogP) is -1.05.